The molecule has 2 aromatic carbocycles. The van der Waals surface area contributed by atoms with Gasteiger partial charge in [0, 0.05) is 12.1 Å². The van der Waals surface area contributed by atoms with Crippen molar-refractivity contribution in [3.05, 3.63) is 72.1 Å². The minimum absolute atomic E-state index is 0.00625. The summed E-state index contributed by atoms with van der Waals surface area (Å²) in [6.45, 7) is 7.54. The van der Waals surface area contributed by atoms with Gasteiger partial charge < -0.3 is 9.64 Å². The van der Waals surface area contributed by atoms with Crippen LogP contribution in [-0.2, 0) is 4.74 Å². The predicted molar refractivity (Wildman–Crippen MR) is 109 cm³/mol. The summed E-state index contributed by atoms with van der Waals surface area (Å²) in [5, 5.41) is 11.2. The molecule has 1 aliphatic rings. The third kappa shape index (κ3) is 4.19. The minimum atomic E-state index is -0.140. The van der Waals surface area contributed by atoms with Crippen molar-refractivity contribution in [3.63, 3.8) is 0 Å². The van der Waals surface area contributed by atoms with E-state index in [0.29, 0.717) is 18.7 Å². The van der Waals surface area contributed by atoms with Crippen LogP contribution in [0, 0.1) is 5.41 Å². The largest absolute Gasteiger partial charge is 0.366 e. The van der Waals surface area contributed by atoms with E-state index in [1.807, 2.05) is 47.4 Å². The van der Waals surface area contributed by atoms with Gasteiger partial charge in [-0.1, -0.05) is 51.1 Å². The van der Waals surface area contributed by atoms with Crippen LogP contribution in [0.1, 0.15) is 42.8 Å². The molecule has 1 amide bonds. The van der Waals surface area contributed by atoms with Crippen molar-refractivity contribution in [2.45, 2.75) is 33.0 Å². The molecule has 2 heterocycles. The summed E-state index contributed by atoms with van der Waals surface area (Å²) in [6, 6.07) is 17.4. The third-order valence-electron chi connectivity index (χ3n) is 5.25. The van der Waals surface area contributed by atoms with Gasteiger partial charge in [0.05, 0.1) is 18.3 Å². The van der Waals surface area contributed by atoms with Crippen LogP contribution >= 0.6 is 0 Å². The molecule has 2 atom stereocenters. The Labute approximate surface area is 170 Å². The molecule has 7 heteroatoms. The predicted octanol–water partition coefficient (Wildman–Crippen LogP) is 3.29. The third-order valence-corrected chi connectivity index (χ3v) is 5.25. The molecule has 150 valence electrons. The van der Waals surface area contributed by atoms with Crippen LogP contribution < -0.4 is 0 Å². The number of tetrazole rings is 1. The van der Waals surface area contributed by atoms with Crippen molar-refractivity contribution in [1.82, 2.24) is 25.1 Å². The molecule has 1 fully saturated rings. The summed E-state index contributed by atoms with van der Waals surface area (Å²) >= 11 is 0. The zero-order chi connectivity index (χ0) is 20.4. The van der Waals surface area contributed by atoms with Gasteiger partial charge in [-0.3, -0.25) is 4.79 Å². The van der Waals surface area contributed by atoms with Crippen molar-refractivity contribution in [2.75, 3.05) is 13.1 Å². The molecule has 0 saturated carbocycles. The second kappa shape index (κ2) is 7.75. The second-order valence-electron chi connectivity index (χ2n) is 8.40. The molecular weight excluding hydrogens is 366 g/mol. The molecule has 0 unspecified atom stereocenters. The van der Waals surface area contributed by atoms with Crippen molar-refractivity contribution in [1.29, 1.82) is 0 Å². The van der Waals surface area contributed by atoms with E-state index in [0.717, 1.165) is 11.3 Å². The van der Waals surface area contributed by atoms with E-state index < -0.39 is 0 Å². The number of amides is 1. The molecule has 1 aliphatic heterocycles. The van der Waals surface area contributed by atoms with Gasteiger partial charge in [0.2, 0.25) is 0 Å². The van der Waals surface area contributed by atoms with Crippen LogP contribution in [0.25, 0.3) is 5.69 Å². The number of ether oxygens (including phenoxy) is 1. The van der Waals surface area contributed by atoms with Crippen LogP contribution in [-0.4, -0.2) is 50.2 Å². The van der Waals surface area contributed by atoms with Gasteiger partial charge in [-0.25, -0.2) is 4.68 Å². The SMILES string of the molecule is CC(C)(C)[C@H]1CN(C(=O)c2ccc(-n3cnnn3)cc2)C[C@@H](c2ccccc2)O1. The lowest BCUT2D eigenvalue weighted by molar-refractivity contribution is -0.119. The molecule has 0 bridgehead atoms. The van der Waals surface area contributed by atoms with Crippen LogP contribution in [0.4, 0.5) is 0 Å². The number of benzene rings is 2. The Kier molecular flexibility index (Phi) is 5.15. The lowest BCUT2D eigenvalue weighted by Crippen LogP contribution is -2.51. The quantitative estimate of drug-likeness (QED) is 0.685. The fourth-order valence-electron chi connectivity index (χ4n) is 3.47. The van der Waals surface area contributed by atoms with Crippen molar-refractivity contribution in [2.24, 2.45) is 5.41 Å². The minimum Gasteiger partial charge on any atom is -0.366 e. The van der Waals surface area contributed by atoms with Gasteiger partial charge in [-0.05, 0) is 45.7 Å². The van der Waals surface area contributed by atoms with E-state index in [2.05, 4.69) is 48.4 Å². The highest BCUT2D eigenvalue weighted by Gasteiger charge is 2.37. The number of nitrogens with zero attached hydrogens (tertiary/aromatic N) is 5. The zero-order valence-corrected chi connectivity index (χ0v) is 16.9. The molecule has 1 aromatic heterocycles. The van der Waals surface area contributed by atoms with Crippen molar-refractivity contribution in [3.8, 4) is 5.69 Å². The first-order valence-corrected chi connectivity index (χ1v) is 9.75. The van der Waals surface area contributed by atoms with Crippen LogP contribution in [0.15, 0.2) is 60.9 Å². The number of rotatable bonds is 3. The Morgan fingerprint density at radius 3 is 2.38 bits per heavy atom. The van der Waals surface area contributed by atoms with Gasteiger partial charge in [0.25, 0.3) is 5.91 Å². The Bertz CT molecular complexity index is 949. The number of aromatic nitrogens is 4. The van der Waals surface area contributed by atoms with Crippen molar-refractivity contribution < 1.29 is 9.53 Å². The summed E-state index contributed by atoms with van der Waals surface area (Å²) < 4.78 is 7.96. The van der Waals surface area contributed by atoms with Crippen molar-refractivity contribution >= 4 is 5.91 Å². The standard InChI is InChI=1S/C22H25N5O2/c1-22(2,3)20-14-26(13-19(29-20)16-7-5-4-6-8-16)21(28)17-9-11-18(12-10-17)27-15-23-24-25-27/h4-12,15,19-20H,13-14H2,1-3H3/t19-,20+/m0/s1. The maximum absolute atomic E-state index is 13.3. The smallest absolute Gasteiger partial charge is 0.254 e. The molecule has 7 nitrogen and oxygen atoms in total. The maximum atomic E-state index is 13.3. The topological polar surface area (TPSA) is 73.1 Å². The van der Waals surface area contributed by atoms with Gasteiger partial charge >= 0.3 is 0 Å². The fraction of sp³-hybridized carbons (Fsp3) is 0.364. The number of hydrogen-bond donors (Lipinski definition) is 0. The average molecular weight is 391 g/mol. The Morgan fingerprint density at radius 2 is 1.76 bits per heavy atom. The number of carbonyl (C=O) groups excluding carboxylic acids is 1. The summed E-state index contributed by atoms with van der Waals surface area (Å²) in [5.74, 6) is 0.00625. The molecular formula is C22H25N5O2. The Hall–Kier alpha value is -3.06. The molecule has 3 aromatic rings. The van der Waals surface area contributed by atoms with Gasteiger partial charge in [-0.15, -0.1) is 5.10 Å². The van der Waals surface area contributed by atoms with Gasteiger partial charge in [-0.2, -0.15) is 0 Å². The Morgan fingerprint density at radius 1 is 1.03 bits per heavy atom. The molecule has 29 heavy (non-hydrogen) atoms. The van der Waals surface area contributed by atoms with E-state index in [9.17, 15) is 4.79 Å². The van der Waals surface area contributed by atoms with Gasteiger partial charge in [0.1, 0.15) is 12.4 Å². The first kappa shape index (κ1) is 19.3. The van der Waals surface area contributed by atoms with E-state index >= 15 is 0 Å². The molecule has 0 N–H and O–H groups in total. The molecule has 0 radical (unpaired) electrons. The molecule has 0 spiro atoms. The zero-order valence-electron chi connectivity index (χ0n) is 16.9. The van der Waals surface area contributed by atoms with Gasteiger partial charge in [0.15, 0.2) is 0 Å². The maximum Gasteiger partial charge on any atom is 0.254 e. The second-order valence-corrected chi connectivity index (χ2v) is 8.40. The fourth-order valence-corrected chi connectivity index (χ4v) is 3.47. The van der Waals surface area contributed by atoms with Crippen LogP contribution in [0.3, 0.4) is 0 Å². The lowest BCUT2D eigenvalue weighted by Gasteiger charge is -2.43. The van der Waals surface area contributed by atoms with Crippen LogP contribution in [0.5, 0.6) is 0 Å². The highest BCUT2D eigenvalue weighted by Crippen LogP contribution is 2.34. The first-order valence-electron chi connectivity index (χ1n) is 9.75. The Balaban J connectivity index is 1.57. The first-order chi connectivity index (χ1) is 13.9. The number of carbonyl (C=O) groups is 1. The average Bonchev–Trinajstić information content (AvgIpc) is 3.28. The van der Waals surface area contributed by atoms with Crippen LogP contribution in [0.2, 0.25) is 0 Å². The summed E-state index contributed by atoms with van der Waals surface area (Å²) in [7, 11) is 0. The summed E-state index contributed by atoms with van der Waals surface area (Å²) in [5.41, 5.74) is 2.47. The monoisotopic (exact) mass is 391 g/mol. The lowest BCUT2D eigenvalue weighted by atomic mass is 9.87. The molecule has 4 rings (SSSR count). The molecule has 0 aliphatic carbocycles. The van der Waals surface area contributed by atoms with E-state index in [1.54, 1.807) is 4.68 Å². The van der Waals surface area contributed by atoms with E-state index in [1.165, 1.54) is 6.33 Å². The highest BCUT2D eigenvalue weighted by atomic mass is 16.5. The highest BCUT2D eigenvalue weighted by molar-refractivity contribution is 5.94. The molecule has 1 saturated heterocycles. The summed E-state index contributed by atoms with van der Waals surface area (Å²) in [4.78, 5) is 15.2. The van der Waals surface area contributed by atoms with E-state index in [-0.39, 0.29) is 23.5 Å². The number of morpholine rings is 1. The normalized spacial score (nSPS) is 19.9. The van der Waals surface area contributed by atoms with E-state index in [4.69, 9.17) is 4.74 Å². The number of hydrogen-bond acceptors (Lipinski definition) is 5. The summed E-state index contributed by atoms with van der Waals surface area (Å²) in [6.07, 6.45) is 1.33.